The van der Waals surface area contributed by atoms with Gasteiger partial charge in [-0.05, 0) is 24.3 Å². The van der Waals surface area contributed by atoms with Crippen LogP contribution >= 0.6 is 0 Å². The van der Waals surface area contributed by atoms with E-state index in [2.05, 4.69) is 11.1 Å². The summed E-state index contributed by atoms with van der Waals surface area (Å²) in [6, 6.07) is 15.4. The second-order valence-electron chi connectivity index (χ2n) is 3.65. The fourth-order valence-electron chi connectivity index (χ4n) is 1.91. The first-order valence-electron chi connectivity index (χ1n) is 5.08. The minimum atomic E-state index is -0.219. The van der Waals surface area contributed by atoms with Crippen molar-refractivity contribution in [2.75, 3.05) is 0 Å². The third-order valence-electron chi connectivity index (χ3n) is 2.69. The first-order valence-corrected chi connectivity index (χ1v) is 5.08. The van der Waals surface area contributed by atoms with Gasteiger partial charge in [0, 0.05) is 28.2 Å². The van der Waals surface area contributed by atoms with Gasteiger partial charge in [-0.15, -0.1) is 0 Å². The summed E-state index contributed by atoms with van der Waals surface area (Å²) in [6.07, 6.45) is 1.83. The van der Waals surface area contributed by atoms with Crippen LogP contribution in [-0.4, -0.2) is 4.98 Å². The minimum Gasteiger partial charge on any atom is -0.361 e. The number of hydrogen-bond donors (Lipinski definition) is 1. The zero-order valence-corrected chi connectivity index (χ0v) is 8.50. The molecule has 0 spiro atoms. The molecule has 1 aromatic heterocycles. The van der Waals surface area contributed by atoms with Crippen molar-refractivity contribution >= 4 is 10.9 Å². The number of nitrogens with one attached hydrogen (secondary N) is 1. The summed E-state index contributed by atoms with van der Waals surface area (Å²) in [6.45, 7) is 0. The van der Waals surface area contributed by atoms with Crippen molar-refractivity contribution < 1.29 is 4.39 Å². The SMILES string of the molecule is Fc1cc[c]cc1-c1c[nH]c2ccccc12. The van der Waals surface area contributed by atoms with Crippen molar-refractivity contribution in [3.8, 4) is 11.1 Å². The van der Waals surface area contributed by atoms with Crippen molar-refractivity contribution in [3.63, 3.8) is 0 Å². The first-order chi connectivity index (χ1) is 7.86. The van der Waals surface area contributed by atoms with Crippen LogP contribution in [0.15, 0.2) is 48.7 Å². The van der Waals surface area contributed by atoms with Gasteiger partial charge in [0.15, 0.2) is 0 Å². The monoisotopic (exact) mass is 210 g/mol. The van der Waals surface area contributed by atoms with E-state index in [1.54, 1.807) is 12.1 Å². The van der Waals surface area contributed by atoms with Gasteiger partial charge in [0.25, 0.3) is 0 Å². The molecule has 16 heavy (non-hydrogen) atoms. The van der Waals surface area contributed by atoms with Gasteiger partial charge in [-0.1, -0.05) is 24.3 Å². The van der Waals surface area contributed by atoms with Crippen molar-refractivity contribution in [1.82, 2.24) is 4.98 Å². The molecule has 77 valence electrons. The molecule has 0 aliphatic carbocycles. The molecule has 3 rings (SSSR count). The Morgan fingerprint density at radius 3 is 2.81 bits per heavy atom. The Morgan fingerprint density at radius 1 is 1.06 bits per heavy atom. The molecule has 1 heterocycles. The fraction of sp³-hybridized carbons (Fsp3) is 0. The number of aromatic amines is 1. The van der Waals surface area contributed by atoms with Crippen LogP contribution in [0.4, 0.5) is 4.39 Å². The number of fused-ring (bicyclic) bond motifs is 1. The Balaban J connectivity index is 2.31. The highest BCUT2D eigenvalue weighted by atomic mass is 19.1. The number of rotatable bonds is 1. The van der Waals surface area contributed by atoms with E-state index in [1.807, 2.05) is 30.5 Å². The maximum atomic E-state index is 13.6. The summed E-state index contributed by atoms with van der Waals surface area (Å²) in [5.41, 5.74) is 2.48. The summed E-state index contributed by atoms with van der Waals surface area (Å²) in [4.78, 5) is 3.13. The van der Waals surface area contributed by atoms with Gasteiger partial charge in [-0.2, -0.15) is 0 Å². The molecular weight excluding hydrogens is 201 g/mol. The zero-order chi connectivity index (χ0) is 11.0. The smallest absolute Gasteiger partial charge is 0.131 e. The molecule has 1 nitrogen and oxygen atoms in total. The summed E-state index contributed by atoms with van der Waals surface area (Å²) >= 11 is 0. The van der Waals surface area contributed by atoms with Crippen LogP contribution in [0.25, 0.3) is 22.0 Å². The average Bonchev–Trinajstić information content (AvgIpc) is 2.74. The molecular formula is C14H9FN. The van der Waals surface area contributed by atoms with Gasteiger partial charge in [0.05, 0.1) is 0 Å². The second-order valence-corrected chi connectivity index (χ2v) is 3.65. The van der Waals surface area contributed by atoms with E-state index < -0.39 is 0 Å². The van der Waals surface area contributed by atoms with Gasteiger partial charge in [0.1, 0.15) is 5.82 Å². The van der Waals surface area contributed by atoms with Crippen LogP contribution in [0.5, 0.6) is 0 Å². The van der Waals surface area contributed by atoms with Crippen molar-refractivity contribution in [3.05, 3.63) is 60.5 Å². The summed E-state index contributed by atoms with van der Waals surface area (Å²) in [7, 11) is 0. The molecule has 0 amide bonds. The highest BCUT2D eigenvalue weighted by molar-refractivity contribution is 5.95. The highest BCUT2D eigenvalue weighted by Crippen LogP contribution is 2.29. The largest absolute Gasteiger partial charge is 0.361 e. The number of para-hydroxylation sites is 1. The van der Waals surface area contributed by atoms with Gasteiger partial charge >= 0.3 is 0 Å². The van der Waals surface area contributed by atoms with Gasteiger partial charge in [-0.3, -0.25) is 0 Å². The van der Waals surface area contributed by atoms with Crippen LogP contribution in [0.3, 0.4) is 0 Å². The average molecular weight is 210 g/mol. The number of H-pyrrole nitrogens is 1. The molecule has 2 heteroatoms. The van der Waals surface area contributed by atoms with Gasteiger partial charge < -0.3 is 4.98 Å². The van der Waals surface area contributed by atoms with Crippen LogP contribution in [0, 0.1) is 11.9 Å². The summed E-state index contributed by atoms with van der Waals surface area (Å²) in [5.74, 6) is -0.219. The molecule has 1 N–H and O–H groups in total. The number of benzene rings is 2. The predicted molar refractivity (Wildman–Crippen MR) is 62.5 cm³/mol. The topological polar surface area (TPSA) is 15.8 Å². The Morgan fingerprint density at radius 2 is 1.94 bits per heavy atom. The highest BCUT2D eigenvalue weighted by Gasteiger charge is 2.08. The van der Waals surface area contributed by atoms with Crippen molar-refractivity contribution in [2.24, 2.45) is 0 Å². The van der Waals surface area contributed by atoms with Crippen molar-refractivity contribution in [1.29, 1.82) is 0 Å². The van der Waals surface area contributed by atoms with E-state index in [0.29, 0.717) is 5.56 Å². The molecule has 0 saturated heterocycles. The lowest BCUT2D eigenvalue weighted by Crippen LogP contribution is -1.81. The van der Waals surface area contributed by atoms with Crippen LogP contribution in [0.1, 0.15) is 0 Å². The quantitative estimate of drug-likeness (QED) is 0.629. The van der Waals surface area contributed by atoms with Crippen LogP contribution in [-0.2, 0) is 0 Å². The second kappa shape index (κ2) is 3.49. The molecule has 0 atom stereocenters. The lowest BCUT2D eigenvalue weighted by atomic mass is 10.0. The molecule has 2 aromatic carbocycles. The molecule has 0 bridgehead atoms. The lowest BCUT2D eigenvalue weighted by Gasteiger charge is -2.00. The molecule has 3 aromatic rings. The molecule has 0 saturated carbocycles. The third-order valence-corrected chi connectivity index (χ3v) is 2.69. The fourth-order valence-corrected chi connectivity index (χ4v) is 1.91. The minimum absolute atomic E-state index is 0.219. The summed E-state index contributed by atoms with van der Waals surface area (Å²) < 4.78 is 13.6. The summed E-state index contributed by atoms with van der Waals surface area (Å²) in [5, 5.41) is 1.03. The van der Waals surface area contributed by atoms with E-state index in [1.165, 1.54) is 6.07 Å². The maximum absolute atomic E-state index is 13.6. The van der Waals surface area contributed by atoms with Gasteiger partial charge in [-0.25, -0.2) is 4.39 Å². The van der Waals surface area contributed by atoms with Crippen LogP contribution in [0.2, 0.25) is 0 Å². The van der Waals surface area contributed by atoms with Crippen LogP contribution < -0.4 is 0 Å². The molecule has 0 aliphatic rings. The molecule has 0 unspecified atom stereocenters. The maximum Gasteiger partial charge on any atom is 0.131 e. The Bertz CT molecular complexity index is 640. The van der Waals surface area contributed by atoms with Crippen molar-refractivity contribution in [2.45, 2.75) is 0 Å². The Hall–Kier alpha value is -2.09. The van der Waals surface area contributed by atoms with Gasteiger partial charge in [0.2, 0.25) is 0 Å². The lowest BCUT2D eigenvalue weighted by molar-refractivity contribution is 0.631. The van der Waals surface area contributed by atoms with E-state index in [-0.39, 0.29) is 5.82 Å². The standard InChI is InChI=1S/C14H9FN/c15-13-7-3-1-5-10(13)12-9-16-14-8-4-2-6-11(12)14/h2-9,16H. The Kier molecular flexibility index (Phi) is 2.00. The van der Waals surface area contributed by atoms with E-state index in [9.17, 15) is 4.39 Å². The first kappa shape index (κ1) is 9.16. The molecule has 0 aliphatic heterocycles. The Labute approximate surface area is 92.5 Å². The van der Waals surface area contributed by atoms with E-state index >= 15 is 0 Å². The normalized spacial score (nSPS) is 10.8. The molecule has 1 radical (unpaired) electrons. The zero-order valence-electron chi connectivity index (χ0n) is 8.50. The molecule has 0 fully saturated rings. The number of aromatic nitrogens is 1. The predicted octanol–water partition coefficient (Wildman–Crippen LogP) is 3.77. The van der Waals surface area contributed by atoms with E-state index in [0.717, 1.165) is 16.5 Å². The number of halogens is 1. The van der Waals surface area contributed by atoms with E-state index in [4.69, 9.17) is 0 Å². The third kappa shape index (κ3) is 1.31. The number of hydrogen-bond acceptors (Lipinski definition) is 0.